The Hall–Kier alpha value is -2.75. The molecule has 1 fully saturated rings. The van der Waals surface area contributed by atoms with Crippen LogP contribution in [0.5, 0.6) is 0 Å². The summed E-state index contributed by atoms with van der Waals surface area (Å²) in [6.07, 6.45) is 3.12. The molecule has 2 aliphatic rings. The summed E-state index contributed by atoms with van der Waals surface area (Å²) in [4.78, 5) is 50.1. The molecule has 1 aromatic heterocycles. The molecule has 0 bridgehead atoms. The zero-order chi connectivity index (χ0) is 26.2. The monoisotopic (exact) mass is 557 g/mol. The molecule has 4 rings (SSSR count). The van der Waals surface area contributed by atoms with Crippen molar-refractivity contribution >= 4 is 75.1 Å². The molecule has 1 aromatic carbocycles. The Labute approximate surface area is 237 Å². The van der Waals surface area contributed by atoms with E-state index in [-0.39, 0.29) is 58.7 Å². The molecule has 1 unspecified atom stereocenters. The fraction of sp³-hybridized carbons (Fsp3) is 0.227. The van der Waals surface area contributed by atoms with Gasteiger partial charge in [0.1, 0.15) is 17.1 Å². The molecular weight excluding hydrogens is 535 g/mol. The minimum atomic E-state index is -4.85. The molecule has 3 heterocycles. The van der Waals surface area contributed by atoms with Crippen molar-refractivity contribution in [2.45, 2.75) is 23.2 Å². The van der Waals surface area contributed by atoms with Gasteiger partial charge in [-0.05, 0) is 5.56 Å². The van der Waals surface area contributed by atoms with E-state index >= 15 is 0 Å². The maximum atomic E-state index is 12.9. The molecular formula is C22H22N4NaO8S2+. The number of β-lactam (4-membered cyclic amide) rings is 1. The number of carboxylic acid groups (broad SMARTS) is 1. The third-order valence-corrected chi connectivity index (χ3v) is 8.16. The molecule has 0 saturated carbocycles. The van der Waals surface area contributed by atoms with Crippen LogP contribution in [0.4, 0.5) is 0 Å². The van der Waals surface area contributed by atoms with Crippen LogP contribution in [0.2, 0.25) is 0 Å². The van der Waals surface area contributed by atoms with Gasteiger partial charge in [0.15, 0.2) is 24.2 Å². The van der Waals surface area contributed by atoms with Crippen molar-refractivity contribution in [1.82, 2.24) is 10.2 Å². The van der Waals surface area contributed by atoms with Crippen molar-refractivity contribution in [2.75, 3.05) is 5.75 Å². The van der Waals surface area contributed by atoms with Gasteiger partial charge in [0, 0.05) is 23.5 Å². The van der Waals surface area contributed by atoms with Gasteiger partial charge in [0.2, 0.25) is 11.8 Å². The number of nitrogens with zero attached hydrogens (tertiary/aromatic N) is 2. The van der Waals surface area contributed by atoms with Gasteiger partial charge in [-0.2, -0.15) is 8.42 Å². The molecule has 0 aliphatic carbocycles. The number of benzene rings is 1. The van der Waals surface area contributed by atoms with Crippen LogP contribution < -0.4 is 15.6 Å². The van der Waals surface area contributed by atoms with Gasteiger partial charge >= 0.3 is 35.5 Å². The zero-order valence-electron chi connectivity index (χ0n) is 18.5. The number of amides is 3. The van der Waals surface area contributed by atoms with E-state index in [2.05, 4.69) is 5.32 Å². The molecule has 0 radical (unpaired) electrons. The third kappa shape index (κ3) is 5.89. The summed E-state index contributed by atoms with van der Waals surface area (Å²) in [7, 11) is -4.85. The summed E-state index contributed by atoms with van der Waals surface area (Å²) in [6, 6.07) is 9.12. The number of carboxylic acids is 1. The Morgan fingerprint density at radius 2 is 1.78 bits per heavy atom. The number of carbonyl (C=O) groups excluding carboxylic acids is 3. The molecule has 5 N–H and O–H groups in total. The molecule has 3 amide bonds. The van der Waals surface area contributed by atoms with Crippen molar-refractivity contribution in [1.29, 1.82) is 0 Å². The quantitative estimate of drug-likeness (QED) is 0.134. The van der Waals surface area contributed by atoms with Gasteiger partial charge in [0.05, 0.1) is 5.56 Å². The number of hydrogen-bond acceptors (Lipinski definition) is 7. The summed E-state index contributed by atoms with van der Waals surface area (Å²) < 4.78 is 35.1. The first-order chi connectivity index (χ1) is 17.0. The Balaban J connectivity index is 0.00000380. The van der Waals surface area contributed by atoms with Gasteiger partial charge in [-0.3, -0.25) is 23.8 Å². The molecule has 37 heavy (non-hydrogen) atoms. The van der Waals surface area contributed by atoms with Crippen LogP contribution in [0.1, 0.15) is 21.2 Å². The predicted octanol–water partition coefficient (Wildman–Crippen LogP) is -1.21. The second-order valence-corrected chi connectivity index (χ2v) is 10.7. The Morgan fingerprint density at radius 3 is 2.32 bits per heavy atom. The van der Waals surface area contributed by atoms with Crippen LogP contribution in [-0.4, -0.2) is 93.4 Å². The minimum absolute atomic E-state index is 0. The number of nitrogens with one attached hydrogen (secondary N) is 1. The van der Waals surface area contributed by atoms with Crippen LogP contribution in [0.25, 0.3) is 0 Å². The van der Waals surface area contributed by atoms with Gasteiger partial charge < -0.3 is 16.2 Å². The molecule has 190 valence electrons. The summed E-state index contributed by atoms with van der Waals surface area (Å²) in [5.74, 6) is -3.53. The molecule has 12 nitrogen and oxygen atoms in total. The first kappa shape index (κ1) is 28.8. The van der Waals surface area contributed by atoms with E-state index in [0.29, 0.717) is 5.57 Å². The van der Waals surface area contributed by atoms with Crippen LogP contribution in [-0.2, 0) is 31.0 Å². The van der Waals surface area contributed by atoms with E-state index in [9.17, 15) is 37.3 Å². The van der Waals surface area contributed by atoms with E-state index in [1.165, 1.54) is 48.2 Å². The number of pyridine rings is 1. The van der Waals surface area contributed by atoms with E-state index in [1.54, 1.807) is 23.0 Å². The van der Waals surface area contributed by atoms with Gasteiger partial charge in [-0.1, -0.05) is 30.3 Å². The van der Waals surface area contributed by atoms with E-state index in [4.69, 9.17) is 5.73 Å². The van der Waals surface area contributed by atoms with Gasteiger partial charge in [-0.25, -0.2) is 9.36 Å². The molecule has 15 heteroatoms. The number of aliphatic carboxylic acids is 1. The SMILES string of the molecule is NC(=O)c1cc[n+](CC2=C(C(=O)O)N3C(=O)[C@@H](NC(=O)C(c4ccccc4)S(=O)(=O)O)[C@H]3SC2)cc1.[NaH]. The van der Waals surface area contributed by atoms with Crippen molar-refractivity contribution in [3.8, 4) is 0 Å². The number of nitrogens with two attached hydrogens (primary N) is 1. The van der Waals surface area contributed by atoms with Crippen molar-refractivity contribution in [3.05, 3.63) is 77.3 Å². The number of primary amides is 1. The number of carbonyl (C=O) groups is 4. The molecule has 3 atom stereocenters. The summed E-state index contributed by atoms with van der Waals surface area (Å²) in [6.45, 7) is 0.125. The van der Waals surface area contributed by atoms with Gasteiger partial charge in [0.25, 0.3) is 16.0 Å². The van der Waals surface area contributed by atoms with Crippen molar-refractivity contribution < 1.29 is 41.8 Å². The number of fused-ring (bicyclic) bond motifs is 1. The summed E-state index contributed by atoms with van der Waals surface area (Å²) in [5, 5.41) is 9.47. The first-order valence-electron chi connectivity index (χ1n) is 10.5. The van der Waals surface area contributed by atoms with Crippen LogP contribution in [0.3, 0.4) is 0 Å². The predicted molar refractivity (Wildman–Crippen MR) is 133 cm³/mol. The molecule has 2 aliphatic heterocycles. The first-order valence-corrected chi connectivity index (χ1v) is 13.0. The van der Waals surface area contributed by atoms with E-state index in [0.717, 1.165) is 4.90 Å². The Morgan fingerprint density at radius 1 is 1.16 bits per heavy atom. The number of rotatable bonds is 8. The Bertz CT molecular complexity index is 1380. The van der Waals surface area contributed by atoms with Crippen LogP contribution in [0, 0.1) is 0 Å². The molecule has 2 aromatic rings. The number of thioether (sulfide) groups is 1. The van der Waals surface area contributed by atoms with Gasteiger partial charge in [-0.15, -0.1) is 11.8 Å². The number of aromatic nitrogens is 1. The van der Waals surface area contributed by atoms with E-state index in [1.807, 2.05) is 0 Å². The maximum absolute atomic E-state index is 12.9. The molecule has 0 spiro atoms. The standard InChI is InChI=1S/C22H20N4O8S2.Na.H/c23-18(27)13-6-8-25(9-7-13)10-14-11-35-21-15(20(29)26(21)16(14)22(30)31)24-19(28)17(36(32,33)34)12-4-2-1-3-5-12;;/h1-9,15,17,21H,10-11H2,(H4-,23,24,27,28,30,31,32,33,34);;/p+1/t15-,17?,21-;;/m1../s1. The summed E-state index contributed by atoms with van der Waals surface area (Å²) >= 11 is 1.21. The fourth-order valence-electron chi connectivity index (χ4n) is 4.07. The Kier molecular flexibility index (Phi) is 8.82. The average Bonchev–Trinajstić information content (AvgIpc) is 2.82. The average molecular weight is 558 g/mol. The number of hydrogen-bond donors (Lipinski definition) is 4. The van der Waals surface area contributed by atoms with Crippen molar-refractivity contribution in [3.63, 3.8) is 0 Å². The second-order valence-electron chi connectivity index (χ2n) is 8.08. The summed E-state index contributed by atoms with van der Waals surface area (Å²) in [5.41, 5.74) is 5.73. The van der Waals surface area contributed by atoms with Crippen LogP contribution >= 0.6 is 11.8 Å². The topological polar surface area (TPSA) is 188 Å². The zero-order valence-corrected chi connectivity index (χ0v) is 20.1. The fourth-order valence-corrected chi connectivity index (χ4v) is 6.24. The molecule has 1 saturated heterocycles. The normalized spacial score (nSPS) is 19.7. The van der Waals surface area contributed by atoms with E-state index < -0.39 is 50.5 Å². The second kappa shape index (κ2) is 11.3. The van der Waals surface area contributed by atoms with Crippen LogP contribution in [0.15, 0.2) is 66.1 Å². The third-order valence-electron chi connectivity index (χ3n) is 5.73. The van der Waals surface area contributed by atoms with Crippen molar-refractivity contribution in [2.24, 2.45) is 5.73 Å².